The van der Waals surface area contributed by atoms with E-state index >= 15 is 0 Å². The van der Waals surface area contributed by atoms with Crippen LogP contribution in [0.3, 0.4) is 0 Å². The van der Waals surface area contributed by atoms with Gasteiger partial charge in [-0.2, -0.15) is 8.42 Å². The first-order chi connectivity index (χ1) is 10.8. The zero-order valence-corrected chi connectivity index (χ0v) is 13.8. The highest BCUT2D eigenvalue weighted by molar-refractivity contribution is 7.85. The molecular formula is C15H21NO6S. The maximum Gasteiger partial charge on any atom is 0.338 e. The molecule has 1 aliphatic heterocycles. The molecule has 1 aliphatic rings. The zero-order valence-electron chi connectivity index (χ0n) is 13.0. The smallest absolute Gasteiger partial charge is 0.338 e. The summed E-state index contributed by atoms with van der Waals surface area (Å²) in [5, 5.41) is 0. The van der Waals surface area contributed by atoms with Crippen LogP contribution in [0.25, 0.3) is 0 Å². The molecule has 1 saturated heterocycles. The Bertz CT molecular complexity index is 622. The Labute approximate surface area is 135 Å². The van der Waals surface area contributed by atoms with Gasteiger partial charge in [-0.25, -0.2) is 4.79 Å². The number of ether oxygens (including phenoxy) is 2. The van der Waals surface area contributed by atoms with Gasteiger partial charge in [-0.15, -0.1) is 0 Å². The van der Waals surface area contributed by atoms with Crippen LogP contribution in [-0.2, 0) is 19.6 Å². The largest absolute Gasteiger partial charge is 0.456 e. The minimum absolute atomic E-state index is 0.237. The van der Waals surface area contributed by atoms with Crippen molar-refractivity contribution >= 4 is 16.1 Å². The average Bonchev–Trinajstić information content (AvgIpc) is 2.47. The van der Waals surface area contributed by atoms with Crippen LogP contribution >= 0.6 is 0 Å². The van der Waals surface area contributed by atoms with E-state index in [1.807, 2.05) is 11.8 Å². The molecule has 0 bridgehead atoms. The number of nitrogens with zero attached hydrogens (tertiary/aromatic N) is 1. The number of hydrogen-bond donors (Lipinski definition) is 1. The van der Waals surface area contributed by atoms with Crippen molar-refractivity contribution in [2.45, 2.75) is 13.0 Å². The number of benzene rings is 1. The van der Waals surface area contributed by atoms with Gasteiger partial charge in [-0.05, 0) is 19.1 Å². The molecule has 1 N–H and O–H groups in total. The van der Waals surface area contributed by atoms with Gasteiger partial charge < -0.3 is 9.47 Å². The molecule has 2 rings (SSSR count). The van der Waals surface area contributed by atoms with Crippen LogP contribution in [-0.4, -0.2) is 68.5 Å². The van der Waals surface area contributed by atoms with Crippen molar-refractivity contribution in [2.24, 2.45) is 0 Å². The normalized spacial score (nSPS) is 17.7. The van der Waals surface area contributed by atoms with Crippen molar-refractivity contribution in [3.8, 4) is 0 Å². The van der Waals surface area contributed by atoms with Crippen molar-refractivity contribution in [1.29, 1.82) is 0 Å². The van der Waals surface area contributed by atoms with E-state index in [1.54, 1.807) is 24.3 Å². The lowest BCUT2D eigenvalue weighted by atomic mass is 10.1. The Morgan fingerprint density at radius 2 is 1.91 bits per heavy atom. The molecule has 7 nitrogen and oxygen atoms in total. The van der Waals surface area contributed by atoms with E-state index in [-0.39, 0.29) is 6.54 Å². The molecule has 1 atom stereocenters. The summed E-state index contributed by atoms with van der Waals surface area (Å²) in [5.41, 5.74) is 1.35. The molecule has 0 saturated carbocycles. The van der Waals surface area contributed by atoms with Gasteiger partial charge in [0.05, 0.1) is 18.8 Å². The number of carbonyl (C=O) groups excluding carboxylic acids is 1. The van der Waals surface area contributed by atoms with Gasteiger partial charge >= 0.3 is 5.97 Å². The van der Waals surface area contributed by atoms with Gasteiger partial charge in [-0.1, -0.05) is 17.7 Å². The molecule has 8 heteroatoms. The number of aryl methyl sites for hydroxylation is 1. The number of carbonyl (C=O) groups is 1. The van der Waals surface area contributed by atoms with E-state index in [1.165, 1.54) is 0 Å². The van der Waals surface area contributed by atoms with Crippen molar-refractivity contribution in [3.05, 3.63) is 35.4 Å². The van der Waals surface area contributed by atoms with E-state index in [4.69, 9.17) is 14.0 Å². The van der Waals surface area contributed by atoms with Crippen LogP contribution in [0.2, 0.25) is 0 Å². The fourth-order valence-electron chi connectivity index (χ4n) is 2.34. The second-order valence-corrected chi connectivity index (χ2v) is 7.05. The van der Waals surface area contributed by atoms with E-state index in [0.29, 0.717) is 31.9 Å². The molecule has 1 aromatic carbocycles. The highest BCUT2D eigenvalue weighted by atomic mass is 32.2. The monoisotopic (exact) mass is 343 g/mol. The Morgan fingerprint density at radius 1 is 1.30 bits per heavy atom. The van der Waals surface area contributed by atoms with E-state index in [2.05, 4.69) is 0 Å². The van der Waals surface area contributed by atoms with Crippen LogP contribution in [0, 0.1) is 6.92 Å². The van der Waals surface area contributed by atoms with Gasteiger partial charge in [0.2, 0.25) is 0 Å². The van der Waals surface area contributed by atoms with Gasteiger partial charge in [0, 0.05) is 19.6 Å². The van der Waals surface area contributed by atoms with Gasteiger partial charge in [0.1, 0.15) is 11.9 Å². The van der Waals surface area contributed by atoms with Crippen LogP contribution in [0.15, 0.2) is 24.3 Å². The Kier molecular flexibility index (Phi) is 6.11. The minimum atomic E-state index is -4.24. The van der Waals surface area contributed by atoms with Crippen molar-refractivity contribution in [1.82, 2.24) is 4.90 Å². The summed E-state index contributed by atoms with van der Waals surface area (Å²) in [7, 11) is -4.24. The maximum absolute atomic E-state index is 12.2. The van der Waals surface area contributed by atoms with Crippen LogP contribution in [0.4, 0.5) is 0 Å². The Balaban J connectivity index is 2.03. The van der Waals surface area contributed by atoms with Crippen molar-refractivity contribution in [3.63, 3.8) is 0 Å². The van der Waals surface area contributed by atoms with Crippen molar-refractivity contribution < 1.29 is 27.2 Å². The maximum atomic E-state index is 12.2. The topological polar surface area (TPSA) is 93.1 Å². The van der Waals surface area contributed by atoms with E-state index < -0.39 is 27.9 Å². The summed E-state index contributed by atoms with van der Waals surface area (Å²) >= 11 is 0. The first-order valence-electron chi connectivity index (χ1n) is 7.36. The lowest BCUT2D eigenvalue weighted by Crippen LogP contribution is -2.44. The lowest BCUT2D eigenvalue weighted by Gasteiger charge is -2.29. The molecule has 1 aromatic rings. The summed E-state index contributed by atoms with van der Waals surface area (Å²) in [6.45, 7) is 4.48. The molecule has 23 heavy (non-hydrogen) atoms. The molecule has 0 spiro atoms. The third-order valence-electron chi connectivity index (χ3n) is 3.52. The molecule has 1 fully saturated rings. The van der Waals surface area contributed by atoms with Gasteiger partial charge in [-0.3, -0.25) is 9.45 Å². The fraction of sp³-hybridized carbons (Fsp3) is 0.533. The molecule has 0 aromatic heterocycles. The first kappa shape index (κ1) is 17.9. The highest BCUT2D eigenvalue weighted by Gasteiger charge is 2.25. The Morgan fingerprint density at radius 3 is 2.48 bits per heavy atom. The van der Waals surface area contributed by atoms with Crippen LogP contribution < -0.4 is 0 Å². The molecule has 128 valence electrons. The summed E-state index contributed by atoms with van der Waals surface area (Å²) < 4.78 is 41.9. The SMILES string of the molecule is Cc1ccc(C(=O)OC(CN2CCOCC2)CS(=O)(=O)O)cc1. The molecule has 0 radical (unpaired) electrons. The molecule has 0 amide bonds. The number of esters is 1. The first-order valence-corrected chi connectivity index (χ1v) is 8.97. The Hall–Kier alpha value is -1.48. The predicted molar refractivity (Wildman–Crippen MR) is 84.1 cm³/mol. The minimum Gasteiger partial charge on any atom is -0.456 e. The molecule has 0 aliphatic carbocycles. The predicted octanol–water partition coefficient (Wildman–Crippen LogP) is 0.740. The lowest BCUT2D eigenvalue weighted by molar-refractivity contribution is 0.000957. The molecule has 1 heterocycles. The molecule has 1 unspecified atom stereocenters. The van der Waals surface area contributed by atoms with Crippen LogP contribution in [0.1, 0.15) is 15.9 Å². The second kappa shape index (κ2) is 7.87. The third-order valence-corrected chi connectivity index (χ3v) is 4.32. The summed E-state index contributed by atoms with van der Waals surface area (Å²) in [6, 6.07) is 6.79. The third kappa shape index (κ3) is 6.26. The van der Waals surface area contributed by atoms with Crippen molar-refractivity contribution in [2.75, 3.05) is 38.6 Å². The summed E-state index contributed by atoms with van der Waals surface area (Å²) in [5.74, 6) is -1.23. The average molecular weight is 343 g/mol. The fourth-order valence-corrected chi connectivity index (χ4v) is 2.98. The number of hydrogen-bond acceptors (Lipinski definition) is 6. The second-order valence-electron chi connectivity index (χ2n) is 5.55. The number of rotatable bonds is 6. The van der Waals surface area contributed by atoms with Crippen LogP contribution in [0.5, 0.6) is 0 Å². The van der Waals surface area contributed by atoms with E-state index in [0.717, 1.165) is 5.56 Å². The zero-order chi connectivity index (χ0) is 16.9. The molecular weight excluding hydrogens is 322 g/mol. The summed E-state index contributed by atoms with van der Waals surface area (Å²) in [6.07, 6.45) is -0.933. The number of morpholine rings is 1. The quantitative estimate of drug-likeness (QED) is 0.601. The standard InChI is InChI=1S/C15H21NO6S/c1-12-2-4-13(5-3-12)15(17)22-14(11-23(18,19)20)10-16-6-8-21-9-7-16/h2-5,14H,6-11H2,1H3,(H,18,19,20). The van der Waals surface area contributed by atoms with Gasteiger partial charge in [0.15, 0.2) is 0 Å². The van der Waals surface area contributed by atoms with Gasteiger partial charge in [0.25, 0.3) is 10.1 Å². The summed E-state index contributed by atoms with van der Waals surface area (Å²) in [4.78, 5) is 14.1. The van der Waals surface area contributed by atoms with E-state index in [9.17, 15) is 13.2 Å². The highest BCUT2D eigenvalue weighted by Crippen LogP contribution is 2.10.